The van der Waals surface area contributed by atoms with Gasteiger partial charge in [-0.25, -0.2) is 14.2 Å². The molecule has 0 radical (unpaired) electrons. The summed E-state index contributed by atoms with van der Waals surface area (Å²) in [5.74, 6) is 0.952. The van der Waals surface area contributed by atoms with Gasteiger partial charge in [0.05, 0.1) is 18.7 Å². The van der Waals surface area contributed by atoms with Gasteiger partial charge in [0.1, 0.15) is 11.5 Å². The molecule has 1 amide bonds. The van der Waals surface area contributed by atoms with Crippen molar-refractivity contribution in [3.05, 3.63) is 42.2 Å². The summed E-state index contributed by atoms with van der Waals surface area (Å²) in [7, 11) is 0. The maximum absolute atomic E-state index is 13.3. The molecule has 3 aromatic rings. The van der Waals surface area contributed by atoms with Crippen molar-refractivity contribution < 1.29 is 9.18 Å². The number of pyridine rings is 1. The van der Waals surface area contributed by atoms with Gasteiger partial charge >= 0.3 is 6.03 Å². The number of amides is 1. The average molecular weight is 421 g/mol. The quantitative estimate of drug-likeness (QED) is 0.466. The zero-order valence-electron chi connectivity index (χ0n) is 16.4. The van der Waals surface area contributed by atoms with E-state index in [-0.39, 0.29) is 12.1 Å². The van der Waals surface area contributed by atoms with Gasteiger partial charge in [0.25, 0.3) is 0 Å². The molecule has 11 heteroatoms. The highest BCUT2D eigenvalue weighted by Crippen LogP contribution is 2.21. The first-order valence-electron chi connectivity index (χ1n) is 9.14. The molecule has 0 aliphatic heterocycles. The zero-order chi connectivity index (χ0) is 21.0. The van der Waals surface area contributed by atoms with E-state index in [4.69, 9.17) is 11.6 Å². The van der Waals surface area contributed by atoms with Crippen molar-refractivity contribution >= 4 is 17.6 Å². The Hall–Kier alpha value is -2.85. The van der Waals surface area contributed by atoms with Crippen LogP contribution in [0.2, 0.25) is 0 Å². The predicted octanol–water partition coefficient (Wildman–Crippen LogP) is 2.65. The standard InChI is InChI=1S/C18H22ClFN8O/c1-4-26(11-19)10-16-23-24-17(14-6-5-13(20)9-21-14)28(16)15-7-8-27(25-15)18(29)22-12(2)3/h5-9,12H,4,10-11H2,1-3H3,(H,22,29). The van der Waals surface area contributed by atoms with Crippen LogP contribution in [0.1, 0.15) is 26.6 Å². The molecule has 0 atom stereocenters. The molecule has 0 fully saturated rings. The Morgan fingerprint density at radius 3 is 2.72 bits per heavy atom. The van der Waals surface area contributed by atoms with E-state index in [1.807, 2.05) is 25.7 Å². The van der Waals surface area contributed by atoms with E-state index in [2.05, 4.69) is 25.6 Å². The van der Waals surface area contributed by atoms with E-state index in [1.54, 1.807) is 16.8 Å². The summed E-state index contributed by atoms with van der Waals surface area (Å²) in [6, 6.07) is 4.43. The first-order valence-corrected chi connectivity index (χ1v) is 9.67. The predicted molar refractivity (Wildman–Crippen MR) is 106 cm³/mol. The lowest BCUT2D eigenvalue weighted by atomic mass is 10.3. The van der Waals surface area contributed by atoms with Gasteiger partial charge in [0.15, 0.2) is 17.5 Å². The third-order valence-corrected chi connectivity index (χ3v) is 4.43. The molecule has 3 heterocycles. The highest BCUT2D eigenvalue weighted by Gasteiger charge is 2.21. The molecule has 0 unspecified atom stereocenters. The Balaban J connectivity index is 2.04. The summed E-state index contributed by atoms with van der Waals surface area (Å²) in [4.78, 5) is 18.3. The lowest BCUT2D eigenvalue weighted by Crippen LogP contribution is -2.34. The minimum absolute atomic E-state index is 0.0265. The van der Waals surface area contributed by atoms with Gasteiger partial charge in [-0.1, -0.05) is 6.92 Å². The van der Waals surface area contributed by atoms with Gasteiger partial charge in [-0.05, 0) is 32.5 Å². The first-order chi connectivity index (χ1) is 13.9. The number of carbonyl (C=O) groups is 1. The topological polar surface area (TPSA) is 93.8 Å². The molecule has 3 aromatic heterocycles. The number of rotatable bonds is 7. The van der Waals surface area contributed by atoms with Gasteiger partial charge in [0, 0.05) is 18.3 Å². The highest BCUT2D eigenvalue weighted by atomic mass is 35.5. The number of hydrogen-bond donors (Lipinski definition) is 1. The Morgan fingerprint density at radius 2 is 2.10 bits per heavy atom. The molecule has 0 aliphatic carbocycles. The molecular weight excluding hydrogens is 399 g/mol. The third-order valence-electron chi connectivity index (χ3n) is 4.09. The second kappa shape index (κ2) is 9.10. The SMILES string of the molecule is CCN(CCl)Cc1nnc(-c2ccc(F)cn2)n1-c1ccn(C(=O)NC(C)C)n1. The van der Waals surface area contributed by atoms with E-state index >= 15 is 0 Å². The second-order valence-electron chi connectivity index (χ2n) is 6.62. The van der Waals surface area contributed by atoms with Crippen molar-refractivity contribution in [2.75, 3.05) is 12.5 Å². The lowest BCUT2D eigenvalue weighted by Gasteiger charge is -2.16. The number of halogens is 2. The molecule has 29 heavy (non-hydrogen) atoms. The molecular formula is C18H22ClFN8O. The molecule has 0 saturated heterocycles. The van der Waals surface area contributed by atoms with E-state index in [0.29, 0.717) is 42.3 Å². The normalized spacial score (nSPS) is 11.4. The van der Waals surface area contributed by atoms with E-state index < -0.39 is 5.82 Å². The van der Waals surface area contributed by atoms with Gasteiger partial charge in [-0.3, -0.25) is 9.47 Å². The van der Waals surface area contributed by atoms with Crippen molar-refractivity contribution in [2.24, 2.45) is 0 Å². The smallest absolute Gasteiger partial charge is 0.334 e. The van der Waals surface area contributed by atoms with E-state index in [9.17, 15) is 9.18 Å². The van der Waals surface area contributed by atoms with Gasteiger partial charge < -0.3 is 5.32 Å². The average Bonchev–Trinajstić information content (AvgIpc) is 3.33. The number of alkyl halides is 1. The fraction of sp³-hybridized carbons (Fsp3) is 0.389. The Morgan fingerprint density at radius 1 is 1.31 bits per heavy atom. The number of nitrogens with one attached hydrogen (secondary N) is 1. The minimum atomic E-state index is -0.450. The summed E-state index contributed by atoms with van der Waals surface area (Å²) < 4.78 is 16.2. The Labute approximate surface area is 172 Å². The molecule has 1 N–H and O–H groups in total. The molecule has 9 nitrogen and oxygen atoms in total. The molecule has 0 spiro atoms. The monoisotopic (exact) mass is 420 g/mol. The molecule has 0 aromatic carbocycles. The van der Waals surface area contributed by atoms with Gasteiger partial charge in [0.2, 0.25) is 0 Å². The maximum Gasteiger partial charge on any atom is 0.342 e. The van der Waals surface area contributed by atoms with Crippen molar-refractivity contribution in [3.8, 4) is 17.3 Å². The summed E-state index contributed by atoms with van der Waals surface area (Å²) in [6.07, 6.45) is 2.66. The van der Waals surface area contributed by atoms with Crippen LogP contribution in [0, 0.1) is 5.82 Å². The Bertz CT molecular complexity index is 965. The number of hydrogen-bond acceptors (Lipinski definition) is 6. The molecule has 0 saturated carbocycles. The highest BCUT2D eigenvalue weighted by molar-refractivity contribution is 6.17. The van der Waals surface area contributed by atoms with Crippen molar-refractivity contribution in [3.63, 3.8) is 0 Å². The van der Waals surface area contributed by atoms with Crippen LogP contribution in [0.25, 0.3) is 17.3 Å². The number of carbonyl (C=O) groups excluding carboxylic acids is 1. The summed E-state index contributed by atoms with van der Waals surface area (Å²) in [5.41, 5.74) is 0.431. The van der Waals surface area contributed by atoms with Crippen LogP contribution in [0.5, 0.6) is 0 Å². The number of nitrogens with zero attached hydrogens (tertiary/aromatic N) is 7. The fourth-order valence-electron chi connectivity index (χ4n) is 2.63. The summed E-state index contributed by atoms with van der Waals surface area (Å²) in [5, 5.41) is 15.6. The molecule has 154 valence electrons. The Kier molecular flexibility index (Phi) is 6.55. The van der Waals surface area contributed by atoms with Crippen molar-refractivity contribution in [1.29, 1.82) is 0 Å². The minimum Gasteiger partial charge on any atom is -0.334 e. The van der Waals surface area contributed by atoms with Crippen LogP contribution in [0.15, 0.2) is 30.6 Å². The first kappa shape index (κ1) is 20.9. The third kappa shape index (κ3) is 4.77. The van der Waals surface area contributed by atoms with Crippen LogP contribution in [-0.2, 0) is 6.54 Å². The van der Waals surface area contributed by atoms with Crippen LogP contribution >= 0.6 is 11.6 Å². The van der Waals surface area contributed by atoms with Crippen LogP contribution in [0.3, 0.4) is 0 Å². The summed E-state index contributed by atoms with van der Waals surface area (Å²) in [6.45, 7) is 6.84. The summed E-state index contributed by atoms with van der Waals surface area (Å²) >= 11 is 5.99. The maximum atomic E-state index is 13.3. The van der Waals surface area contributed by atoms with Crippen molar-refractivity contribution in [1.82, 2.24) is 39.7 Å². The van der Waals surface area contributed by atoms with Gasteiger partial charge in [-0.15, -0.1) is 26.9 Å². The fourth-order valence-corrected chi connectivity index (χ4v) is 2.89. The largest absolute Gasteiger partial charge is 0.342 e. The van der Waals surface area contributed by atoms with Gasteiger partial charge in [-0.2, -0.15) is 4.68 Å². The van der Waals surface area contributed by atoms with E-state index in [1.165, 1.54) is 16.8 Å². The van der Waals surface area contributed by atoms with Crippen LogP contribution in [0.4, 0.5) is 9.18 Å². The molecule has 0 aliphatic rings. The lowest BCUT2D eigenvalue weighted by molar-refractivity contribution is 0.237. The zero-order valence-corrected chi connectivity index (χ0v) is 17.1. The molecule has 3 rings (SSSR count). The number of aromatic nitrogens is 6. The second-order valence-corrected chi connectivity index (χ2v) is 6.86. The van der Waals surface area contributed by atoms with E-state index in [0.717, 1.165) is 6.20 Å². The van der Waals surface area contributed by atoms with Crippen LogP contribution in [-0.4, -0.2) is 59.1 Å². The molecule has 0 bridgehead atoms. The van der Waals surface area contributed by atoms with Crippen LogP contribution < -0.4 is 5.32 Å². The van der Waals surface area contributed by atoms with Crippen molar-refractivity contribution in [2.45, 2.75) is 33.4 Å².